The number of rotatable bonds is 12. The monoisotopic (exact) mass is 382 g/mol. The van der Waals surface area contributed by atoms with Gasteiger partial charge in [-0.2, -0.15) is 0 Å². The molecule has 0 bridgehead atoms. The molecule has 1 aromatic carbocycles. The van der Waals surface area contributed by atoms with Crippen molar-refractivity contribution in [2.45, 2.75) is 26.3 Å². The second-order valence-corrected chi connectivity index (χ2v) is 5.77. The van der Waals surface area contributed by atoms with Crippen LogP contribution in [0.3, 0.4) is 0 Å². The Balaban J connectivity index is 2.69. The molecule has 10 heteroatoms. The van der Waals surface area contributed by atoms with Gasteiger partial charge in [0.15, 0.2) is 0 Å². The lowest BCUT2D eigenvalue weighted by Gasteiger charge is -2.20. The highest BCUT2D eigenvalue weighted by Gasteiger charge is 2.22. The smallest absolute Gasteiger partial charge is 0.321 e. The van der Waals surface area contributed by atoms with Gasteiger partial charge in [0.2, 0.25) is 5.91 Å². The van der Waals surface area contributed by atoms with Gasteiger partial charge in [-0.3, -0.25) is 19.7 Å². The fourth-order valence-electron chi connectivity index (χ4n) is 2.47. The second-order valence-electron chi connectivity index (χ2n) is 5.77. The molecule has 0 fully saturated rings. The highest BCUT2D eigenvalue weighted by molar-refractivity contribution is 5.95. The van der Waals surface area contributed by atoms with Crippen LogP contribution in [0.2, 0.25) is 0 Å². The van der Waals surface area contributed by atoms with Crippen LogP contribution in [0.5, 0.6) is 5.75 Å². The quantitative estimate of drug-likeness (QED) is 0.364. The number of nitrogens with one attached hydrogen (secondary N) is 2. The van der Waals surface area contributed by atoms with Gasteiger partial charge < -0.3 is 25.4 Å². The SMILES string of the molecule is CCN(CC)CCN[C@H](CC(=O)Nc1ccc([N+](=O)[O-])cc1OC)C(=O)O. The van der Waals surface area contributed by atoms with Crippen LogP contribution in [0, 0.1) is 10.1 Å². The van der Waals surface area contributed by atoms with E-state index in [2.05, 4.69) is 15.5 Å². The Bertz CT molecular complexity index is 663. The number of carbonyl (C=O) groups excluding carboxylic acids is 1. The maximum Gasteiger partial charge on any atom is 0.321 e. The molecule has 0 saturated heterocycles. The van der Waals surface area contributed by atoms with Crippen LogP contribution in [0.1, 0.15) is 20.3 Å². The Morgan fingerprint density at radius 1 is 1.33 bits per heavy atom. The van der Waals surface area contributed by atoms with E-state index in [0.717, 1.165) is 13.1 Å². The van der Waals surface area contributed by atoms with E-state index in [0.29, 0.717) is 13.1 Å². The number of amides is 1. The van der Waals surface area contributed by atoms with E-state index < -0.39 is 22.8 Å². The molecule has 0 aliphatic heterocycles. The highest BCUT2D eigenvalue weighted by atomic mass is 16.6. The van der Waals surface area contributed by atoms with Crippen molar-refractivity contribution in [3.8, 4) is 5.75 Å². The average molecular weight is 382 g/mol. The Morgan fingerprint density at radius 2 is 2.00 bits per heavy atom. The summed E-state index contributed by atoms with van der Waals surface area (Å²) in [5, 5.41) is 25.5. The van der Waals surface area contributed by atoms with E-state index in [9.17, 15) is 24.8 Å². The lowest BCUT2D eigenvalue weighted by Crippen LogP contribution is -2.43. The molecule has 0 aliphatic carbocycles. The van der Waals surface area contributed by atoms with Gasteiger partial charge in [0.1, 0.15) is 11.8 Å². The van der Waals surface area contributed by atoms with Crippen LogP contribution < -0.4 is 15.4 Å². The molecule has 3 N–H and O–H groups in total. The largest absolute Gasteiger partial charge is 0.494 e. The molecule has 1 aromatic rings. The standard InChI is InChI=1S/C17H26N4O6/c1-4-20(5-2)9-8-18-14(17(23)24)11-16(22)19-13-7-6-12(21(25)26)10-15(13)27-3/h6-7,10,14,18H,4-5,8-9,11H2,1-3H3,(H,19,22)(H,23,24)/t14-/m1/s1. The van der Waals surface area contributed by atoms with Crippen molar-refractivity contribution in [1.82, 2.24) is 10.2 Å². The molecule has 1 amide bonds. The number of hydrogen-bond acceptors (Lipinski definition) is 7. The zero-order chi connectivity index (χ0) is 20.4. The topological polar surface area (TPSA) is 134 Å². The number of carboxylic acid groups (broad SMARTS) is 1. The van der Waals surface area contributed by atoms with E-state index in [1.165, 1.54) is 25.3 Å². The van der Waals surface area contributed by atoms with Gasteiger partial charge >= 0.3 is 5.97 Å². The van der Waals surface area contributed by atoms with Crippen molar-refractivity contribution in [2.24, 2.45) is 0 Å². The van der Waals surface area contributed by atoms with E-state index in [-0.39, 0.29) is 23.5 Å². The number of carboxylic acids is 1. The summed E-state index contributed by atoms with van der Waals surface area (Å²) in [6, 6.07) is 2.73. The number of nitrogens with zero attached hydrogens (tertiary/aromatic N) is 2. The minimum absolute atomic E-state index is 0.124. The predicted octanol–water partition coefficient (Wildman–Crippen LogP) is 1.32. The van der Waals surface area contributed by atoms with E-state index >= 15 is 0 Å². The summed E-state index contributed by atoms with van der Waals surface area (Å²) < 4.78 is 5.05. The first kappa shape index (κ1) is 22.3. The molecule has 0 radical (unpaired) electrons. The number of aliphatic carboxylic acids is 1. The highest BCUT2D eigenvalue weighted by Crippen LogP contribution is 2.29. The molecule has 1 rings (SSSR count). The average Bonchev–Trinajstić information content (AvgIpc) is 2.64. The zero-order valence-corrected chi connectivity index (χ0v) is 15.7. The van der Waals surface area contributed by atoms with Crippen molar-refractivity contribution < 1.29 is 24.4 Å². The van der Waals surface area contributed by atoms with Gasteiger partial charge in [-0.15, -0.1) is 0 Å². The van der Waals surface area contributed by atoms with Crippen LogP contribution in [-0.2, 0) is 9.59 Å². The molecule has 0 unspecified atom stereocenters. The summed E-state index contributed by atoms with van der Waals surface area (Å²) in [6.07, 6.45) is -0.284. The van der Waals surface area contributed by atoms with Gasteiger partial charge in [0.25, 0.3) is 5.69 Å². The molecule has 0 saturated carbocycles. The molecule has 150 valence electrons. The fraction of sp³-hybridized carbons (Fsp3) is 0.529. The fourth-order valence-corrected chi connectivity index (χ4v) is 2.47. The van der Waals surface area contributed by atoms with Crippen LogP contribution in [-0.4, -0.2) is 66.1 Å². The van der Waals surface area contributed by atoms with E-state index in [1.54, 1.807) is 0 Å². The predicted molar refractivity (Wildman–Crippen MR) is 100 cm³/mol. The Kier molecular flexibility index (Phi) is 9.17. The third-order valence-electron chi connectivity index (χ3n) is 4.07. The number of benzene rings is 1. The number of methoxy groups -OCH3 is 1. The van der Waals surface area contributed by atoms with Gasteiger partial charge in [0, 0.05) is 19.2 Å². The summed E-state index contributed by atoms with van der Waals surface area (Å²) in [5.74, 6) is -1.54. The molecule has 27 heavy (non-hydrogen) atoms. The number of nitro benzene ring substituents is 1. The number of likely N-dealkylation sites (N-methyl/N-ethyl adjacent to an activating group) is 1. The van der Waals surface area contributed by atoms with E-state index in [4.69, 9.17) is 4.74 Å². The second kappa shape index (κ2) is 11.1. The van der Waals surface area contributed by atoms with Gasteiger partial charge in [0.05, 0.1) is 30.2 Å². The Morgan fingerprint density at radius 3 is 2.52 bits per heavy atom. The number of carbonyl (C=O) groups is 2. The summed E-state index contributed by atoms with van der Waals surface area (Å²) in [5.41, 5.74) is 0.0618. The number of nitro groups is 1. The van der Waals surface area contributed by atoms with Crippen LogP contribution in [0.15, 0.2) is 18.2 Å². The van der Waals surface area contributed by atoms with Crippen LogP contribution in [0.4, 0.5) is 11.4 Å². The minimum Gasteiger partial charge on any atom is -0.494 e. The molecule has 0 aromatic heterocycles. The van der Waals surface area contributed by atoms with Gasteiger partial charge in [-0.1, -0.05) is 13.8 Å². The minimum atomic E-state index is -1.12. The Labute approximate surface area is 157 Å². The summed E-state index contributed by atoms with van der Waals surface area (Å²) in [6.45, 7) is 6.86. The van der Waals surface area contributed by atoms with Crippen molar-refractivity contribution in [3.05, 3.63) is 28.3 Å². The third-order valence-corrected chi connectivity index (χ3v) is 4.07. The van der Waals surface area contributed by atoms with Gasteiger partial charge in [-0.25, -0.2) is 0 Å². The molecule has 1 atom stereocenters. The summed E-state index contributed by atoms with van der Waals surface area (Å²) >= 11 is 0. The summed E-state index contributed by atoms with van der Waals surface area (Å²) in [7, 11) is 1.32. The third kappa shape index (κ3) is 7.19. The normalized spacial score (nSPS) is 11.9. The molecule has 10 nitrogen and oxygen atoms in total. The van der Waals surface area contributed by atoms with Crippen molar-refractivity contribution in [1.29, 1.82) is 0 Å². The Hall–Kier alpha value is -2.72. The molecule has 0 aliphatic rings. The maximum atomic E-state index is 12.2. The first-order valence-electron chi connectivity index (χ1n) is 8.63. The van der Waals surface area contributed by atoms with Crippen LogP contribution >= 0.6 is 0 Å². The number of ether oxygens (including phenoxy) is 1. The number of non-ortho nitro benzene ring substituents is 1. The van der Waals surface area contributed by atoms with Crippen LogP contribution in [0.25, 0.3) is 0 Å². The van der Waals surface area contributed by atoms with Crippen molar-refractivity contribution in [2.75, 3.05) is 38.6 Å². The first-order valence-corrected chi connectivity index (χ1v) is 8.63. The number of hydrogen-bond donors (Lipinski definition) is 3. The van der Waals surface area contributed by atoms with Gasteiger partial charge in [-0.05, 0) is 19.2 Å². The zero-order valence-electron chi connectivity index (χ0n) is 15.7. The summed E-state index contributed by atoms with van der Waals surface area (Å²) in [4.78, 5) is 36.0. The lowest BCUT2D eigenvalue weighted by molar-refractivity contribution is -0.384. The number of anilines is 1. The molecule has 0 heterocycles. The maximum absolute atomic E-state index is 12.2. The van der Waals surface area contributed by atoms with Crippen molar-refractivity contribution in [3.63, 3.8) is 0 Å². The molecular formula is C17H26N4O6. The van der Waals surface area contributed by atoms with E-state index in [1.807, 2.05) is 13.8 Å². The first-order chi connectivity index (χ1) is 12.8. The molecular weight excluding hydrogens is 356 g/mol. The lowest BCUT2D eigenvalue weighted by atomic mass is 10.2. The van der Waals surface area contributed by atoms with Crippen molar-refractivity contribution >= 4 is 23.3 Å². The molecule has 0 spiro atoms.